The Hall–Kier alpha value is -3.11. The van der Waals surface area contributed by atoms with Crippen molar-refractivity contribution < 1.29 is 18.3 Å². The summed E-state index contributed by atoms with van der Waals surface area (Å²) in [5.74, 6) is 0.156. The molecule has 1 amide bonds. The van der Waals surface area contributed by atoms with Gasteiger partial charge in [-0.1, -0.05) is 11.8 Å². The zero-order chi connectivity index (χ0) is 20.4. The van der Waals surface area contributed by atoms with E-state index in [1.165, 1.54) is 29.2 Å². The first-order chi connectivity index (χ1) is 13.5. The number of carbonyl (C=O) groups excluding carboxylic acids is 1. The zero-order valence-electron chi connectivity index (χ0n) is 15.2. The highest BCUT2D eigenvalue weighted by atomic mass is 32.2. The second-order valence-corrected chi connectivity index (χ2v) is 6.53. The van der Waals surface area contributed by atoms with Gasteiger partial charge in [0, 0.05) is 13.1 Å². The highest BCUT2D eigenvalue weighted by Gasteiger charge is 2.18. The van der Waals surface area contributed by atoms with Crippen molar-refractivity contribution in [1.29, 1.82) is 10.5 Å². The molecule has 0 unspecified atom stereocenters. The summed E-state index contributed by atoms with van der Waals surface area (Å²) in [6.07, 6.45) is -0.152. The summed E-state index contributed by atoms with van der Waals surface area (Å²) in [5.41, 5.74) is 0. The van der Waals surface area contributed by atoms with Crippen molar-refractivity contribution in [2.75, 3.05) is 18.8 Å². The summed E-state index contributed by atoms with van der Waals surface area (Å²) in [5, 5.41) is 25.4. The number of thioether (sulfide) groups is 1. The molecule has 0 aliphatic heterocycles. The molecule has 8 nitrogen and oxygen atoms in total. The van der Waals surface area contributed by atoms with E-state index in [1.54, 1.807) is 6.92 Å². The Labute approximate surface area is 165 Å². The van der Waals surface area contributed by atoms with Crippen LogP contribution in [0.3, 0.4) is 0 Å². The van der Waals surface area contributed by atoms with Gasteiger partial charge in [0.15, 0.2) is 6.10 Å². The highest BCUT2D eigenvalue weighted by Crippen LogP contribution is 2.24. The molecule has 0 fully saturated rings. The van der Waals surface area contributed by atoms with Crippen molar-refractivity contribution in [3.05, 3.63) is 36.0 Å². The van der Waals surface area contributed by atoms with Gasteiger partial charge in [0.2, 0.25) is 5.91 Å². The fourth-order valence-corrected chi connectivity index (χ4v) is 2.83. The maximum atomic E-state index is 12.9. The molecule has 0 radical (unpaired) electrons. The average Bonchev–Trinajstić information content (AvgIpc) is 3.17. The Bertz CT molecular complexity index is 841. The smallest absolute Gasteiger partial charge is 0.277 e. The summed E-state index contributed by atoms with van der Waals surface area (Å²) >= 11 is 1.07. The van der Waals surface area contributed by atoms with Crippen LogP contribution in [0.2, 0.25) is 0 Å². The number of amides is 1. The summed E-state index contributed by atoms with van der Waals surface area (Å²) in [4.78, 5) is 13.7. The maximum Gasteiger partial charge on any atom is 0.277 e. The van der Waals surface area contributed by atoms with Crippen molar-refractivity contribution in [1.82, 2.24) is 15.1 Å². The molecule has 0 saturated carbocycles. The van der Waals surface area contributed by atoms with Crippen LogP contribution in [0.4, 0.5) is 4.39 Å². The molecule has 0 spiro atoms. The Kier molecular flexibility index (Phi) is 8.25. The third-order valence-electron chi connectivity index (χ3n) is 3.56. The molecule has 0 aliphatic carbocycles. The maximum absolute atomic E-state index is 12.9. The minimum atomic E-state index is -0.550. The number of carbonyl (C=O) groups is 1. The molecule has 10 heteroatoms. The minimum absolute atomic E-state index is 0.0473. The van der Waals surface area contributed by atoms with Gasteiger partial charge in [0.1, 0.15) is 11.6 Å². The van der Waals surface area contributed by atoms with E-state index in [0.717, 1.165) is 11.8 Å². The molecule has 1 aromatic carbocycles. The van der Waals surface area contributed by atoms with Crippen molar-refractivity contribution in [2.24, 2.45) is 0 Å². The molecule has 1 atom stereocenters. The fraction of sp³-hybridized carbons (Fsp3) is 0.389. The lowest BCUT2D eigenvalue weighted by atomic mass is 10.3. The largest absolute Gasteiger partial charge is 0.481 e. The van der Waals surface area contributed by atoms with E-state index in [0.29, 0.717) is 5.75 Å². The molecular formula is C18H18FN5O3S. The van der Waals surface area contributed by atoms with Crippen LogP contribution in [0.15, 0.2) is 33.9 Å². The topological polar surface area (TPSA) is 116 Å². The molecule has 28 heavy (non-hydrogen) atoms. The van der Waals surface area contributed by atoms with Crippen molar-refractivity contribution in [2.45, 2.75) is 31.1 Å². The predicted octanol–water partition coefficient (Wildman–Crippen LogP) is 3.10. The number of nitrogens with zero attached hydrogens (tertiary/aromatic N) is 5. The van der Waals surface area contributed by atoms with Gasteiger partial charge in [-0.3, -0.25) is 4.79 Å². The van der Waals surface area contributed by atoms with Gasteiger partial charge in [-0.25, -0.2) is 4.39 Å². The number of ether oxygens (including phenoxy) is 1. The first-order valence-corrected chi connectivity index (χ1v) is 9.42. The molecule has 2 rings (SSSR count). The van der Waals surface area contributed by atoms with Crippen molar-refractivity contribution >= 4 is 17.7 Å². The molecule has 0 N–H and O–H groups in total. The van der Waals surface area contributed by atoms with Crippen LogP contribution in [-0.2, 0) is 4.79 Å². The lowest BCUT2D eigenvalue weighted by Gasteiger charge is -2.19. The Morgan fingerprint density at radius 1 is 1.25 bits per heavy atom. The summed E-state index contributed by atoms with van der Waals surface area (Å²) in [7, 11) is 0. The first-order valence-electron chi connectivity index (χ1n) is 8.43. The number of hydrogen-bond donors (Lipinski definition) is 0. The van der Waals surface area contributed by atoms with Crippen LogP contribution < -0.4 is 4.74 Å². The molecule has 1 aromatic heterocycles. The zero-order valence-corrected chi connectivity index (χ0v) is 16.0. The van der Waals surface area contributed by atoms with Crippen LogP contribution in [-0.4, -0.2) is 39.8 Å². The van der Waals surface area contributed by atoms with Gasteiger partial charge < -0.3 is 14.1 Å². The van der Waals surface area contributed by atoms with Crippen LogP contribution in [0.1, 0.15) is 31.8 Å². The lowest BCUT2D eigenvalue weighted by molar-refractivity contribution is -0.128. The van der Waals surface area contributed by atoms with E-state index in [-0.39, 0.29) is 54.5 Å². The molecule has 0 saturated heterocycles. The third-order valence-corrected chi connectivity index (χ3v) is 4.36. The summed E-state index contributed by atoms with van der Waals surface area (Å²) in [6.45, 7) is 2.26. The van der Waals surface area contributed by atoms with E-state index in [4.69, 9.17) is 19.7 Å². The average molecular weight is 403 g/mol. The second kappa shape index (κ2) is 10.9. The van der Waals surface area contributed by atoms with Crippen LogP contribution in [0.5, 0.6) is 5.75 Å². The van der Waals surface area contributed by atoms with Gasteiger partial charge in [-0.05, 0) is 31.2 Å². The standard InChI is InChI=1S/C18H18FN5O3S/c1-13(26-15-6-4-14(19)5-7-15)17-22-23-18(27-17)28-12-16(25)24(10-2-8-20)11-3-9-21/h4-7,13H,2-3,10-12H2,1H3/t13-/m1/s1. The van der Waals surface area contributed by atoms with Gasteiger partial charge >= 0.3 is 0 Å². The minimum Gasteiger partial charge on any atom is -0.481 e. The second-order valence-electron chi connectivity index (χ2n) is 5.61. The monoisotopic (exact) mass is 403 g/mol. The molecule has 2 aromatic rings. The van der Waals surface area contributed by atoms with E-state index >= 15 is 0 Å². The highest BCUT2D eigenvalue weighted by molar-refractivity contribution is 7.99. The number of halogens is 1. The normalized spacial score (nSPS) is 11.3. The van der Waals surface area contributed by atoms with Gasteiger partial charge in [-0.15, -0.1) is 10.2 Å². The fourth-order valence-electron chi connectivity index (χ4n) is 2.16. The van der Waals surface area contributed by atoms with Crippen LogP contribution >= 0.6 is 11.8 Å². The Balaban J connectivity index is 1.88. The Morgan fingerprint density at radius 3 is 2.50 bits per heavy atom. The first kappa shape index (κ1) is 21.2. The summed E-state index contributed by atoms with van der Waals surface area (Å²) in [6, 6.07) is 9.52. The quantitative estimate of drug-likeness (QED) is 0.556. The molecule has 1 heterocycles. The molecule has 0 aliphatic rings. The van der Waals surface area contributed by atoms with E-state index in [1.807, 2.05) is 12.1 Å². The number of hydrogen-bond acceptors (Lipinski definition) is 8. The van der Waals surface area contributed by atoms with Gasteiger partial charge in [-0.2, -0.15) is 10.5 Å². The Morgan fingerprint density at radius 2 is 1.89 bits per heavy atom. The summed E-state index contributed by atoms with van der Waals surface area (Å²) < 4.78 is 24.0. The number of nitriles is 2. The SMILES string of the molecule is C[C@@H](Oc1ccc(F)cc1)c1nnc(SCC(=O)N(CCC#N)CCC#N)o1. The molecule has 146 valence electrons. The van der Waals surface area contributed by atoms with Crippen LogP contribution in [0, 0.1) is 28.5 Å². The molecular weight excluding hydrogens is 385 g/mol. The number of benzene rings is 1. The predicted molar refractivity (Wildman–Crippen MR) is 97.5 cm³/mol. The molecule has 0 bridgehead atoms. The van der Waals surface area contributed by atoms with Crippen molar-refractivity contribution in [3.63, 3.8) is 0 Å². The van der Waals surface area contributed by atoms with E-state index < -0.39 is 6.10 Å². The van der Waals surface area contributed by atoms with E-state index in [2.05, 4.69) is 10.2 Å². The van der Waals surface area contributed by atoms with Crippen LogP contribution in [0.25, 0.3) is 0 Å². The number of rotatable bonds is 10. The number of aromatic nitrogens is 2. The lowest BCUT2D eigenvalue weighted by Crippen LogP contribution is -2.34. The van der Waals surface area contributed by atoms with Gasteiger partial charge in [0.25, 0.3) is 11.1 Å². The van der Waals surface area contributed by atoms with Gasteiger partial charge in [0.05, 0.1) is 30.7 Å². The van der Waals surface area contributed by atoms with Crippen molar-refractivity contribution in [3.8, 4) is 17.9 Å². The van der Waals surface area contributed by atoms with E-state index in [9.17, 15) is 9.18 Å². The third kappa shape index (κ3) is 6.56.